The molecular formula is C14H23N3O4. The Hall–Kier alpha value is -1.81. The molecule has 0 bridgehead atoms. The molecule has 1 N–H and O–H groups in total. The molecule has 0 spiro atoms. The van der Waals surface area contributed by atoms with Crippen molar-refractivity contribution in [1.82, 2.24) is 10.2 Å². The average Bonchev–Trinajstić information content (AvgIpc) is 2.62. The van der Waals surface area contributed by atoms with Crippen LogP contribution in [0.3, 0.4) is 0 Å². The van der Waals surface area contributed by atoms with Crippen LogP contribution in [0.1, 0.15) is 34.1 Å². The fourth-order valence-corrected chi connectivity index (χ4v) is 1.81. The van der Waals surface area contributed by atoms with Crippen LogP contribution in [0.25, 0.3) is 0 Å². The fourth-order valence-electron chi connectivity index (χ4n) is 1.81. The number of hydrogen-bond acceptors (Lipinski definition) is 5. The van der Waals surface area contributed by atoms with Gasteiger partial charge >= 0.3 is 6.09 Å². The zero-order valence-electron chi connectivity index (χ0n) is 13.0. The Balaban J connectivity index is 2.66. The lowest BCUT2D eigenvalue weighted by molar-refractivity contribution is -0.133. The molecule has 7 nitrogen and oxygen atoms in total. The van der Waals surface area contributed by atoms with E-state index >= 15 is 0 Å². The Labute approximate surface area is 125 Å². The Bertz CT molecular complexity index is 425. The zero-order chi connectivity index (χ0) is 16.0. The molecule has 0 radical (unpaired) electrons. The van der Waals surface area contributed by atoms with Crippen LogP contribution < -0.4 is 5.32 Å². The highest BCUT2D eigenvalue weighted by Gasteiger charge is 2.30. The van der Waals surface area contributed by atoms with Gasteiger partial charge in [-0.05, 0) is 34.1 Å². The number of carbonyl (C=O) groups is 2. The van der Waals surface area contributed by atoms with Crippen LogP contribution in [0, 0.1) is 11.3 Å². The quantitative estimate of drug-likeness (QED) is 0.822. The highest BCUT2D eigenvalue weighted by Crippen LogP contribution is 2.13. The maximum Gasteiger partial charge on any atom is 0.410 e. The van der Waals surface area contributed by atoms with Crippen molar-refractivity contribution in [3.8, 4) is 6.07 Å². The summed E-state index contributed by atoms with van der Waals surface area (Å²) in [6, 6.07) is 1.33. The first-order valence-electron chi connectivity index (χ1n) is 7.02. The standard InChI is InChI=1S/C14H23N3O4/c1-10(8-15)16-12(18)11-9-17(6-5-7-20-11)13(19)21-14(2,3)4/h10-11H,5-7,9H2,1-4H3,(H,16,18)/t10-,11-/m0/s1. The molecule has 0 aromatic rings. The van der Waals surface area contributed by atoms with Crippen LogP contribution >= 0.6 is 0 Å². The Morgan fingerprint density at radius 3 is 2.71 bits per heavy atom. The number of nitrogens with one attached hydrogen (secondary N) is 1. The minimum atomic E-state index is -0.782. The summed E-state index contributed by atoms with van der Waals surface area (Å²) >= 11 is 0. The van der Waals surface area contributed by atoms with Gasteiger partial charge in [0.25, 0.3) is 5.91 Å². The molecule has 118 valence electrons. The van der Waals surface area contributed by atoms with E-state index in [0.29, 0.717) is 19.6 Å². The molecule has 0 saturated carbocycles. The van der Waals surface area contributed by atoms with E-state index in [4.69, 9.17) is 14.7 Å². The second-order valence-corrected chi connectivity index (χ2v) is 6.00. The molecule has 2 atom stereocenters. The van der Waals surface area contributed by atoms with Crippen LogP contribution in [0.15, 0.2) is 0 Å². The average molecular weight is 297 g/mol. The largest absolute Gasteiger partial charge is 0.444 e. The summed E-state index contributed by atoms with van der Waals surface area (Å²) in [6.45, 7) is 7.94. The van der Waals surface area contributed by atoms with Crippen molar-refractivity contribution in [2.24, 2.45) is 0 Å². The van der Waals surface area contributed by atoms with Crippen LogP contribution in [-0.4, -0.2) is 54.3 Å². The summed E-state index contributed by atoms with van der Waals surface area (Å²) in [5, 5.41) is 11.2. The second kappa shape index (κ2) is 7.27. The number of nitriles is 1. The van der Waals surface area contributed by atoms with Crippen LogP contribution in [0.4, 0.5) is 4.79 Å². The van der Waals surface area contributed by atoms with Gasteiger partial charge in [0.1, 0.15) is 11.6 Å². The topological polar surface area (TPSA) is 91.7 Å². The van der Waals surface area contributed by atoms with E-state index in [0.717, 1.165) is 0 Å². The third kappa shape index (κ3) is 6.00. The molecule has 1 saturated heterocycles. The lowest BCUT2D eigenvalue weighted by Gasteiger charge is -2.27. The maximum atomic E-state index is 12.1. The van der Waals surface area contributed by atoms with Crippen LogP contribution in [0.2, 0.25) is 0 Å². The normalized spacial score (nSPS) is 20.9. The number of amides is 2. The van der Waals surface area contributed by atoms with Gasteiger partial charge in [0.15, 0.2) is 6.10 Å². The Morgan fingerprint density at radius 2 is 2.14 bits per heavy atom. The van der Waals surface area contributed by atoms with E-state index in [1.807, 2.05) is 6.07 Å². The summed E-state index contributed by atoms with van der Waals surface area (Å²) in [4.78, 5) is 25.6. The van der Waals surface area contributed by atoms with Crippen molar-refractivity contribution >= 4 is 12.0 Å². The second-order valence-electron chi connectivity index (χ2n) is 6.00. The highest BCUT2D eigenvalue weighted by molar-refractivity contribution is 5.82. The minimum absolute atomic E-state index is 0.124. The summed E-state index contributed by atoms with van der Waals surface area (Å²) in [5.41, 5.74) is -0.586. The predicted molar refractivity (Wildman–Crippen MR) is 75.4 cm³/mol. The molecule has 1 heterocycles. The van der Waals surface area contributed by atoms with Gasteiger partial charge < -0.3 is 19.7 Å². The van der Waals surface area contributed by atoms with E-state index in [-0.39, 0.29) is 12.5 Å². The van der Waals surface area contributed by atoms with Gasteiger partial charge in [0.2, 0.25) is 0 Å². The summed E-state index contributed by atoms with van der Waals surface area (Å²) in [6.07, 6.45) is -0.605. The molecule has 21 heavy (non-hydrogen) atoms. The fraction of sp³-hybridized carbons (Fsp3) is 0.786. The van der Waals surface area contributed by atoms with E-state index in [1.54, 1.807) is 27.7 Å². The minimum Gasteiger partial charge on any atom is -0.444 e. The predicted octanol–water partition coefficient (Wildman–Crippen LogP) is 1.04. The van der Waals surface area contributed by atoms with Crippen molar-refractivity contribution < 1.29 is 19.1 Å². The Kier molecular flexibility index (Phi) is 5.97. The number of hydrogen-bond donors (Lipinski definition) is 1. The number of nitrogens with zero attached hydrogens (tertiary/aromatic N) is 2. The lowest BCUT2D eigenvalue weighted by Crippen LogP contribution is -2.47. The van der Waals surface area contributed by atoms with Gasteiger partial charge in [0.05, 0.1) is 12.6 Å². The SMILES string of the molecule is C[C@@H](C#N)NC(=O)[C@@H]1CN(C(=O)OC(C)(C)C)CCCO1. The van der Waals surface area contributed by atoms with Crippen molar-refractivity contribution in [1.29, 1.82) is 5.26 Å². The number of carbonyl (C=O) groups excluding carboxylic acids is 2. The first-order chi connectivity index (χ1) is 9.73. The van der Waals surface area contributed by atoms with Crippen molar-refractivity contribution in [3.63, 3.8) is 0 Å². The molecule has 0 aromatic heterocycles. The zero-order valence-corrected chi connectivity index (χ0v) is 13.0. The van der Waals surface area contributed by atoms with E-state index in [2.05, 4.69) is 5.32 Å². The van der Waals surface area contributed by atoms with Crippen molar-refractivity contribution in [3.05, 3.63) is 0 Å². The summed E-state index contributed by atoms with van der Waals surface area (Å²) < 4.78 is 10.8. The molecule has 1 aliphatic rings. The van der Waals surface area contributed by atoms with Gasteiger partial charge in [-0.3, -0.25) is 4.79 Å². The first kappa shape index (κ1) is 17.2. The molecular weight excluding hydrogens is 274 g/mol. The summed E-state index contributed by atoms with van der Waals surface area (Å²) in [5.74, 6) is -0.389. The van der Waals surface area contributed by atoms with Crippen LogP contribution in [0.5, 0.6) is 0 Å². The molecule has 0 unspecified atom stereocenters. The lowest BCUT2D eigenvalue weighted by atomic mass is 10.2. The van der Waals surface area contributed by atoms with Gasteiger partial charge in [-0.15, -0.1) is 0 Å². The third-order valence-electron chi connectivity index (χ3n) is 2.77. The Morgan fingerprint density at radius 1 is 1.48 bits per heavy atom. The van der Waals surface area contributed by atoms with Crippen molar-refractivity contribution in [2.75, 3.05) is 19.7 Å². The molecule has 7 heteroatoms. The van der Waals surface area contributed by atoms with Gasteiger partial charge in [-0.25, -0.2) is 4.79 Å². The van der Waals surface area contributed by atoms with Gasteiger partial charge in [-0.1, -0.05) is 0 Å². The van der Waals surface area contributed by atoms with E-state index in [1.165, 1.54) is 4.90 Å². The monoisotopic (exact) mass is 297 g/mol. The third-order valence-corrected chi connectivity index (χ3v) is 2.77. The molecule has 1 rings (SSSR count). The first-order valence-corrected chi connectivity index (χ1v) is 7.02. The maximum absolute atomic E-state index is 12.1. The molecule has 0 aromatic carbocycles. The number of rotatable bonds is 2. The highest BCUT2D eigenvalue weighted by atomic mass is 16.6. The van der Waals surface area contributed by atoms with Gasteiger partial charge in [-0.2, -0.15) is 5.26 Å². The van der Waals surface area contributed by atoms with E-state index in [9.17, 15) is 9.59 Å². The van der Waals surface area contributed by atoms with Crippen molar-refractivity contribution in [2.45, 2.75) is 51.9 Å². The number of ether oxygens (including phenoxy) is 2. The molecule has 1 fully saturated rings. The summed E-state index contributed by atoms with van der Waals surface area (Å²) in [7, 11) is 0. The van der Waals surface area contributed by atoms with Gasteiger partial charge in [0, 0.05) is 13.2 Å². The van der Waals surface area contributed by atoms with Crippen LogP contribution in [-0.2, 0) is 14.3 Å². The molecule has 1 aliphatic heterocycles. The smallest absolute Gasteiger partial charge is 0.410 e. The molecule has 0 aliphatic carbocycles. The molecule has 2 amide bonds. The van der Waals surface area contributed by atoms with E-state index < -0.39 is 23.8 Å².